The summed E-state index contributed by atoms with van der Waals surface area (Å²) in [6.45, 7) is 2.39. The Balaban J connectivity index is 1.25. The lowest BCUT2D eigenvalue weighted by atomic mass is 10.1. The fraction of sp³-hybridized carbons (Fsp3) is 0.588. The van der Waals surface area contributed by atoms with Crippen LogP contribution in [0.4, 0.5) is 4.39 Å². The number of likely N-dealkylation sites (tertiary alicyclic amines) is 1. The molecule has 3 heterocycles. The minimum absolute atomic E-state index is 0.00115. The van der Waals surface area contributed by atoms with Crippen molar-refractivity contribution >= 4 is 0 Å². The van der Waals surface area contributed by atoms with E-state index in [1.165, 1.54) is 18.9 Å². The highest BCUT2D eigenvalue weighted by Gasteiger charge is 2.26. The van der Waals surface area contributed by atoms with Crippen LogP contribution in [0.25, 0.3) is 0 Å². The number of hydrogen-bond acceptors (Lipinski definition) is 6. The molecule has 128 valence electrons. The average molecular weight is 332 g/mol. The molecule has 24 heavy (non-hydrogen) atoms. The van der Waals surface area contributed by atoms with Crippen molar-refractivity contribution in [3.05, 3.63) is 35.9 Å². The Labute approximate surface area is 140 Å². The van der Waals surface area contributed by atoms with E-state index in [0.29, 0.717) is 12.4 Å². The van der Waals surface area contributed by atoms with E-state index in [9.17, 15) is 4.39 Å². The lowest BCUT2D eigenvalue weighted by molar-refractivity contribution is 0.0839. The molecule has 2 aromatic heterocycles. The Bertz CT molecular complexity index is 681. The SMILES string of the molecule is Fc1cccnc1OC1CCN(Cc2nc(CC3CC3)no2)CC1. The molecule has 0 atom stereocenters. The van der Waals surface area contributed by atoms with Gasteiger partial charge in [-0.05, 0) is 43.7 Å². The third-order valence-electron chi connectivity index (χ3n) is 4.57. The first-order valence-electron chi connectivity index (χ1n) is 8.57. The number of pyridine rings is 1. The van der Waals surface area contributed by atoms with Crippen LogP contribution in [0.1, 0.15) is 37.4 Å². The van der Waals surface area contributed by atoms with Crippen molar-refractivity contribution in [2.24, 2.45) is 5.92 Å². The molecule has 0 spiro atoms. The Morgan fingerprint density at radius 3 is 2.83 bits per heavy atom. The molecular weight excluding hydrogens is 311 g/mol. The van der Waals surface area contributed by atoms with Crippen LogP contribution >= 0.6 is 0 Å². The van der Waals surface area contributed by atoms with Crippen LogP contribution in [0, 0.1) is 11.7 Å². The molecule has 0 aromatic carbocycles. The summed E-state index contributed by atoms with van der Waals surface area (Å²) >= 11 is 0. The first-order valence-corrected chi connectivity index (χ1v) is 8.57. The van der Waals surface area contributed by atoms with Gasteiger partial charge in [0, 0.05) is 25.7 Å². The fourth-order valence-electron chi connectivity index (χ4n) is 3.01. The van der Waals surface area contributed by atoms with Gasteiger partial charge in [0.15, 0.2) is 11.6 Å². The zero-order valence-corrected chi connectivity index (χ0v) is 13.5. The van der Waals surface area contributed by atoms with E-state index in [1.54, 1.807) is 12.3 Å². The van der Waals surface area contributed by atoms with Crippen molar-refractivity contribution in [2.75, 3.05) is 13.1 Å². The molecular formula is C17H21FN4O2. The van der Waals surface area contributed by atoms with Crippen molar-refractivity contribution in [1.29, 1.82) is 0 Å². The Morgan fingerprint density at radius 2 is 2.08 bits per heavy atom. The maximum Gasteiger partial charge on any atom is 0.250 e. The van der Waals surface area contributed by atoms with Crippen LogP contribution in [-0.2, 0) is 13.0 Å². The summed E-state index contributed by atoms with van der Waals surface area (Å²) in [6, 6.07) is 2.93. The molecule has 7 heteroatoms. The van der Waals surface area contributed by atoms with Gasteiger partial charge in [-0.1, -0.05) is 5.16 Å². The van der Waals surface area contributed by atoms with Gasteiger partial charge in [0.05, 0.1) is 6.54 Å². The molecule has 0 N–H and O–H groups in total. The van der Waals surface area contributed by atoms with Crippen molar-refractivity contribution in [3.8, 4) is 5.88 Å². The van der Waals surface area contributed by atoms with Crippen molar-refractivity contribution in [3.63, 3.8) is 0 Å². The van der Waals surface area contributed by atoms with Crippen LogP contribution in [-0.4, -0.2) is 39.2 Å². The lowest BCUT2D eigenvalue weighted by Gasteiger charge is -2.30. The van der Waals surface area contributed by atoms with E-state index in [-0.39, 0.29) is 12.0 Å². The number of ether oxygens (including phenoxy) is 1. The minimum Gasteiger partial charge on any atom is -0.472 e. The van der Waals surface area contributed by atoms with Gasteiger partial charge in [0.1, 0.15) is 6.10 Å². The molecule has 6 nitrogen and oxygen atoms in total. The lowest BCUT2D eigenvalue weighted by Crippen LogP contribution is -2.38. The zero-order valence-electron chi connectivity index (χ0n) is 13.5. The molecule has 0 bridgehead atoms. The topological polar surface area (TPSA) is 64.3 Å². The van der Waals surface area contributed by atoms with Crippen molar-refractivity contribution in [2.45, 2.75) is 44.8 Å². The highest BCUT2D eigenvalue weighted by molar-refractivity contribution is 5.13. The predicted octanol–water partition coefficient (Wildman–Crippen LogP) is 2.60. The number of hydrogen-bond donors (Lipinski definition) is 0. The average Bonchev–Trinajstić information content (AvgIpc) is 3.30. The number of piperidine rings is 1. The molecule has 1 saturated carbocycles. The predicted molar refractivity (Wildman–Crippen MR) is 83.8 cm³/mol. The summed E-state index contributed by atoms with van der Waals surface area (Å²) in [6.07, 6.45) is 6.72. The van der Waals surface area contributed by atoms with Gasteiger partial charge < -0.3 is 9.26 Å². The van der Waals surface area contributed by atoms with Crippen LogP contribution in [0.15, 0.2) is 22.9 Å². The second kappa shape index (κ2) is 6.84. The highest BCUT2D eigenvalue weighted by atomic mass is 19.1. The van der Waals surface area contributed by atoms with Crippen LogP contribution in [0.5, 0.6) is 5.88 Å². The maximum absolute atomic E-state index is 13.6. The Morgan fingerprint density at radius 1 is 1.25 bits per heavy atom. The monoisotopic (exact) mass is 332 g/mol. The van der Waals surface area contributed by atoms with E-state index < -0.39 is 5.82 Å². The van der Waals surface area contributed by atoms with Gasteiger partial charge in [-0.2, -0.15) is 4.98 Å². The third-order valence-corrected chi connectivity index (χ3v) is 4.57. The van der Waals surface area contributed by atoms with E-state index in [1.807, 2.05) is 0 Å². The summed E-state index contributed by atoms with van der Waals surface area (Å²) in [5, 5.41) is 4.05. The van der Waals surface area contributed by atoms with E-state index in [4.69, 9.17) is 9.26 Å². The summed E-state index contributed by atoms with van der Waals surface area (Å²) < 4.78 is 24.6. The van der Waals surface area contributed by atoms with E-state index in [2.05, 4.69) is 20.0 Å². The van der Waals surface area contributed by atoms with Gasteiger partial charge in [-0.15, -0.1) is 0 Å². The second-order valence-electron chi connectivity index (χ2n) is 6.64. The first kappa shape index (κ1) is 15.5. The molecule has 1 aliphatic heterocycles. The van der Waals surface area contributed by atoms with E-state index in [0.717, 1.165) is 44.1 Å². The second-order valence-corrected chi connectivity index (χ2v) is 6.64. The van der Waals surface area contributed by atoms with Gasteiger partial charge >= 0.3 is 0 Å². The quantitative estimate of drug-likeness (QED) is 0.810. The van der Waals surface area contributed by atoms with Crippen molar-refractivity contribution < 1.29 is 13.7 Å². The summed E-state index contributed by atoms with van der Waals surface area (Å²) in [7, 11) is 0. The van der Waals surface area contributed by atoms with Crippen LogP contribution in [0.3, 0.4) is 0 Å². The normalized spacial score (nSPS) is 19.5. The smallest absolute Gasteiger partial charge is 0.250 e. The Hall–Kier alpha value is -2.02. The fourth-order valence-corrected chi connectivity index (χ4v) is 3.01. The van der Waals surface area contributed by atoms with Crippen LogP contribution < -0.4 is 4.74 Å². The molecule has 1 saturated heterocycles. The van der Waals surface area contributed by atoms with Gasteiger partial charge in [-0.25, -0.2) is 9.37 Å². The summed E-state index contributed by atoms with van der Waals surface area (Å²) in [5.74, 6) is 1.96. The first-order chi connectivity index (χ1) is 11.8. The molecule has 2 fully saturated rings. The standard InChI is InChI=1S/C17H21FN4O2/c18-14-2-1-7-19-17(14)23-13-5-8-22(9-6-13)11-16-20-15(21-24-16)10-12-3-4-12/h1-2,7,12-13H,3-6,8-11H2. The molecule has 0 radical (unpaired) electrons. The largest absolute Gasteiger partial charge is 0.472 e. The number of aromatic nitrogens is 3. The minimum atomic E-state index is -0.408. The molecule has 2 aliphatic rings. The van der Waals surface area contributed by atoms with Gasteiger partial charge in [-0.3, -0.25) is 4.90 Å². The highest BCUT2D eigenvalue weighted by Crippen LogP contribution is 2.31. The number of halogens is 1. The van der Waals surface area contributed by atoms with E-state index >= 15 is 0 Å². The van der Waals surface area contributed by atoms with Gasteiger partial charge in [0.25, 0.3) is 5.88 Å². The maximum atomic E-state index is 13.6. The number of rotatable bonds is 6. The third kappa shape index (κ3) is 3.90. The molecule has 0 amide bonds. The molecule has 0 unspecified atom stereocenters. The molecule has 1 aliphatic carbocycles. The number of nitrogens with zero attached hydrogens (tertiary/aromatic N) is 4. The van der Waals surface area contributed by atoms with Crippen LogP contribution in [0.2, 0.25) is 0 Å². The Kier molecular flexibility index (Phi) is 4.42. The van der Waals surface area contributed by atoms with Gasteiger partial charge in [0.2, 0.25) is 5.89 Å². The summed E-state index contributed by atoms with van der Waals surface area (Å²) in [5.41, 5.74) is 0. The zero-order chi connectivity index (χ0) is 16.4. The van der Waals surface area contributed by atoms with Crippen molar-refractivity contribution in [1.82, 2.24) is 20.0 Å². The molecule has 4 rings (SSSR count). The molecule has 2 aromatic rings. The summed E-state index contributed by atoms with van der Waals surface area (Å²) in [4.78, 5) is 10.7.